The largest absolute Gasteiger partial charge is 0.478 e. The molecular formula is C17H23N3O3. The normalized spacial score (nSPS) is 21.8. The SMILES string of the molecule is CC(C)C1Oc2ccc(C(N)C3CC3)cc2N(CC(N)=O)C1=O. The molecule has 1 aromatic carbocycles. The van der Waals surface area contributed by atoms with Gasteiger partial charge in [-0.1, -0.05) is 19.9 Å². The molecule has 0 aromatic heterocycles. The van der Waals surface area contributed by atoms with Crippen molar-refractivity contribution >= 4 is 17.5 Å². The van der Waals surface area contributed by atoms with Gasteiger partial charge in [-0.05, 0) is 42.4 Å². The molecule has 2 aliphatic rings. The summed E-state index contributed by atoms with van der Waals surface area (Å²) in [7, 11) is 0. The number of fused-ring (bicyclic) bond motifs is 1. The van der Waals surface area contributed by atoms with Gasteiger partial charge < -0.3 is 16.2 Å². The maximum atomic E-state index is 12.7. The van der Waals surface area contributed by atoms with E-state index in [9.17, 15) is 9.59 Å². The first kappa shape index (κ1) is 15.8. The predicted octanol–water partition coefficient (Wildman–Crippen LogP) is 1.33. The number of nitrogens with zero attached hydrogens (tertiary/aromatic N) is 1. The van der Waals surface area contributed by atoms with Gasteiger partial charge in [0.15, 0.2) is 6.10 Å². The molecule has 1 aliphatic heterocycles. The van der Waals surface area contributed by atoms with Crippen LogP contribution in [0.25, 0.3) is 0 Å². The minimum absolute atomic E-state index is 0.000533. The molecule has 2 unspecified atom stereocenters. The molecule has 1 fully saturated rings. The number of carbonyl (C=O) groups is 2. The number of benzene rings is 1. The monoisotopic (exact) mass is 317 g/mol. The van der Waals surface area contributed by atoms with Gasteiger partial charge in [-0.25, -0.2) is 0 Å². The molecule has 1 aromatic rings. The van der Waals surface area contributed by atoms with Crippen LogP contribution in [0.5, 0.6) is 5.75 Å². The number of rotatable bonds is 5. The quantitative estimate of drug-likeness (QED) is 0.856. The van der Waals surface area contributed by atoms with Crippen molar-refractivity contribution < 1.29 is 14.3 Å². The summed E-state index contributed by atoms with van der Waals surface area (Å²) >= 11 is 0. The summed E-state index contributed by atoms with van der Waals surface area (Å²) in [4.78, 5) is 25.5. The van der Waals surface area contributed by atoms with E-state index in [1.54, 1.807) is 0 Å². The smallest absolute Gasteiger partial charge is 0.268 e. The Hall–Kier alpha value is -2.08. The van der Waals surface area contributed by atoms with Crippen molar-refractivity contribution in [2.75, 3.05) is 11.4 Å². The molecule has 124 valence electrons. The molecule has 2 amide bonds. The van der Waals surface area contributed by atoms with Crippen LogP contribution in [0.3, 0.4) is 0 Å². The number of carbonyl (C=O) groups excluding carboxylic acids is 2. The van der Waals surface area contributed by atoms with E-state index in [4.69, 9.17) is 16.2 Å². The number of anilines is 1. The van der Waals surface area contributed by atoms with E-state index in [2.05, 4.69) is 0 Å². The number of nitrogens with two attached hydrogens (primary N) is 2. The maximum absolute atomic E-state index is 12.7. The van der Waals surface area contributed by atoms with Gasteiger partial charge in [0.1, 0.15) is 12.3 Å². The molecule has 1 saturated carbocycles. The third-order valence-corrected chi connectivity index (χ3v) is 4.47. The first-order valence-electron chi connectivity index (χ1n) is 8.04. The van der Waals surface area contributed by atoms with Crippen molar-refractivity contribution in [3.8, 4) is 5.75 Å². The van der Waals surface area contributed by atoms with Gasteiger partial charge in [0, 0.05) is 6.04 Å². The predicted molar refractivity (Wildman–Crippen MR) is 86.9 cm³/mol. The summed E-state index contributed by atoms with van der Waals surface area (Å²) in [5.41, 5.74) is 13.1. The van der Waals surface area contributed by atoms with E-state index in [-0.39, 0.29) is 24.4 Å². The van der Waals surface area contributed by atoms with Crippen LogP contribution in [-0.4, -0.2) is 24.5 Å². The fraction of sp³-hybridized carbons (Fsp3) is 0.529. The summed E-state index contributed by atoms with van der Waals surface area (Å²) in [5, 5.41) is 0. The standard InChI is InChI=1S/C17H23N3O3/c1-9(2)16-17(22)20(8-14(18)21)12-7-11(5-6-13(12)23-16)15(19)10-3-4-10/h5-7,9-10,15-16H,3-4,8,19H2,1-2H3,(H2,18,21). The molecule has 6 nitrogen and oxygen atoms in total. The van der Waals surface area contributed by atoms with Crippen molar-refractivity contribution in [3.05, 3.63) is 23.8 Å². The zero-order valence-corrected chi connectivity index (χ0v) is 13.5. The zero-order chi connectivity index (χ0) is 16.7. The van der Waals surface area contributed by atoms with Crippen molar-refractivity contribution in [1.82, 2.24) is 0 Å². The van der Waals surface area contributed by atoms with Crippen LogP contribution >= 0.6 is 0 Å². The van der Waals surface area contributed by atoms with E-state index in [0.29, 0.717) is 17.4 Å². The van der Waals surface area contributed by atoms with Crippen molar-refractivity contribution in [2.45, 2.75) is 38.8 Å². The molecule has 23 heavy (non-hydrogen) atoms. The van der Waals surface area contributed by atoms with Gasteiger partial charge >= 0.3 is 0 Å². The molecule has 6 heteroatoms. The first-order valence-corrected chi connectivity index (χ1v) is 8.04. The number of primary amides is 1. The number of amides is 2. The van der Waals surface area contributed by atoms with Gasteiger partial charge in [0.2, 0.25) is 5.91 Å². The molecule has 1 heterocycles. The van der Waals surface area contributed by atoms with E-state index in [0.717, 1.165) is 18.4 Å². The third-order valence-electron chi connectivity index (χ3n) is 4.47. The molecule has 4 N–H and O–H groups in total. The average molecular weight is 317 g/mol. The van der Waals surface area contributed by atoms with E-state index in [1.807, 2.05) is 32.0 Å². The van der Waals surface area contributed by atoms with Gasteiger partial charge in [-0.3, -0.25) is 14.5 Å². The third kappa shape index (κ3) is 3.03. The Labute approximate surface area is 135 Å². The lowest BCUT2D eigenvalue weighted by Gasteiger charge is -2.36. The summed E-state index contributed by atoms with van der Waals surface area (Å²) in [5.74, 6) is 0.311. The highest BCUT2D eigenvalue weighted by Gasteiger charge is 2.38. The van der Waals surface area contributed by atoms with Crippen molar-refractivity contribution in [2.24, 2.45) is 23.3 Å². The molecule has 0 saturated heterocycles. The van der Waals surface area contributed by atoms with Gasteiger partial charge in [-0.15, -0.1) is 0 Å². The molecule has 0 spiro atoms. The lowest BCUT2D eigenvalue weighted by atomic mass is 9.99. The minimum Gasteiger partial charge on any atom is -0.478 e. The first-order chi connectivity index (χ1) is 10.9. The van der Waals surface area contributed by atoms with Crippen LogP contribution in [-0.2, 0) is 9.59 Å². The molecule has 2 atom stereocenters. The second-order valence-corrected chi connectivity index (χ2v) is 6.76. The average Bonchev–Trinajstić information content (AvgIpc) is 3.32. The fourth-order valence-electron chi connectivity index (χ4n) is 2.98. The van der Waals surface area contributed by atoms with Crippen molar-refractivity contribution in [3.63, 3.8) is 0 Å². The lowest BCUT2D eigenvalue weighted by Crippen LogP contribution is -2.51. The summed E-state index contributed by atoms with van der Waals surface area (Å²) < 4.78 is 5.84. The molecule has 0 radical (unpaired) electrons. The van der Waals surface area contributed by atoms with E-state index in [1.165, 1.54) is 4.90 Å². The van der Waals surface area contributed by atoms with Crippen LogP contribution < -0.4 is 21.1 Å². The highest BCUT2D eigenvalue weighted by Crippen LogP contribution is 2.43. The molecule has 0 bridgehead atoms. The van der Waals surface area contributed by atoms with Crippen LogP contribution in [0.15, 0.2) is 18.2 Å². The molecule has 1 aliphatic carbocycles. The fourth-order valence-corrected chi connectivity index (χ4v) is 2.98. The van der Waals surface area contributed by atoms with Crippen LogP contribution in [0.4, 0.5) is 5.69 Å². The summed E-state index contributed by atoms with van der Waals surface area (Å²) in [6.07, 6.45) is 1.66. The van der Waals surface area contributed by atoms with Crippen LogP contribution in [0.1, 0.15) is 38.3 Å². The summed E-state index contributed by atoms with van der Waals surface area (Å²) in [6.45, 7) is 3.67. The Kier molecular flexibility index (Phi) is 4.02. The van der Waals surface area contributed by atoms with Crippen LogP contribution in [0.2, 0.25) is 0 Å². The number of ether oxygens (including phenoxy) is 1. The Morgan fingerprint density at radius 1 is 1.39 bits per heavy atom. The Morgan fingerprint density at radius 3 is 2.65 bits per heavy atom. The van der Waals surface area contributed by atoms with Crippen LogP contribution in [0, 0.1) is 11.8 Å². The van der Waals surface area contributed by atoms with E-state index >= 15 is 0 Å². The number of hydrogen-bond acceptors (Lipinski definition) is 4. The molecular weight excluding hydrogens is 294 g/mol. The van der Waals surface area contributed by atoms with Gasteiger partial charge in [-0.2, -0.15) is 0 Å². The topological polar surface area (TPSA) is 98.7 Å². The Morgan fingerprint density at radius 2 is 2.09 bits per heavy atom. The highest BCUT2D eigenvalue weighted by molar-refractivity contribution is 6.03. The Bertz CT molecular complexity index is 640. The van der Waals surface area contributed by atoms with Gasteiger partial charge in [0.05, 0.1) is 5.69 Å². The second-order valence-electron chi connectivity index (χ2n) is 6.76. The minimum atomic E-state index is -0.607. The highest BCUT2D eigenvalue weighted by atomic mass is 16.5. The van der Waals surface area contributed by atoms with E-state index < -0.39 is 12.0 Å². The summed E-state index contributed by atoms with van der Waals surface area (Å²) in [6, 6.07) is 5.59. The van der Waals surface area contributed by atoms with Crippen molar-refractivity contribution in [1.29, 1.82) is 0 Å². The zero-order valence-electron chi connectivity index (χ0n) is 13.5. The number of hydrogen-bond donors (Lipinski definition) is 2. The second kappa shape index (κ2) is 5.85. The molecule has 3 rings (SSSR count). The van der Waals surface area contributed by atoms with Gasteiger partial charge in [0.25, 0.3) is 5.91 Å². The Balaban J connectivity index is 1.99. The maximum Gasteiger partial charge on any atom is 0.268 e. The lowest BCUT2D eigenvalue weighted by molar-refractivity contribution is -0.129.